The summed E-state index contributed by atoms with van der Waals surface area (Å²) in [6.45, 7) is 4.66. The lowest BCUT2D eigenvalue weighted by Gasteiger charge is -2.26. The molecule has 4 heteroatoms. The molecule has 1 aromatic carbocycles. The van der Waals surface area contributed by atoms with Crippen molar-refractivity contribution in [2.45, 2.75) is 13.1 Å². The van der Waals surface area contributed by atoms with Crippen LogP contribution in [0, 0.1) is 0 Å². The van der Waals surface area contributed by atoms with Crippen molar-refractivity contribution in [2.75, 3.05) is 26.3 Å². The summed E-state index contributed by atoms with van der Waals surface area (Å²) in [5, 5.41) is 9.84. The van der Waals surface area contributed by atoms with Crippen molar-refractivity contribution < 1.29 is 9.84 Å². The molecule has 1 saturated heterocycles. The number of nitrogens with zero attached hydrogens (tertiary/aromatic N) is 1. The van der Waals surface area contributed by atoms with Gasteiger partial charge in [-0.3, -0.25) is 4.90 Å². The minimum atomic E-state index is 0.342. The number of morpholine rings is 1. The lowest BCUT2D eigenvalue weighted by molar-refractivity contribution is 0.0339. The van der Waals surface area contributed by atoms with Gasteiger partial charge in [-0.2, -0.15) is 0 Å². The highest BCUT2D eigenvalue weighted by Crippen LogP contribution is 2.20. The van der Waals surface area contributed by atoms with Gasteiger partial charge in [0, 0.05) is 31.7 Å². The molecule has 0 unspecified atom stereocenters. The average molecular weight is 222 g/mol. The molecule has 0 atom stereocenters. The summed E-state index contributed by atoms with van der Waals surface area (Å²) in [7, 11) is 0. The Morgan fingerprint density at radius 2 is 2.06 bits per heavy atom. The Morgan fingerprint density at radius 3 is 2.69 bits per heavy atom. The topological polar surface area (TPSA) is 58.7 Å². The third-order valence-corrected chi connectivity index (χ3v) is 2.88. The molecule has 1 fully saturated rings. The Morgan fingerprint density at radius 1 is 1.31 bits per heavy atom. The number of hydrogen-bond acceptors (Lipinski definition) is 4. The van der Waals surface area contributed by atoms with Crippen molar-refractivity contribution in [3.05, 3.63) is 29.3 Å². The SMILES string of the molecule is NCc1ccc(CN2CCOCC2)c(O)c1. The van der Waals surface area contributed by atoms with Crippen molar-refractivity contribution in [3.8, 4) is 5.75 Å². The molecule has 0 aromatic heterocycles. The molecule has 0 saturated carbocycles. The van der Waals surface area contributed by atoms with Crippen LogP contribution in [0.3, 0.4) is 0 Å². The first kappa shape index (κ1) is 11.4. The fourth-order valence-electron chi connectivity index (χ4n) is 1.87. The highest BCUT2D eigenvalue weighted by atomic mass is 16.5. The number of benzene rings is 1. The van der Waals surface area contributed by atoms with Gasteiger partial charge < -0.3 is 15.6 Å². The van der Waals surface area contributed by atoms with Gasteiger partial charge in [0.1, 0.15) is 5.75 Å². The molecule has 0 spiro atoms. The Balaban J connectivity index is 2.03. The van der Waals surface area contributed by atoms with Crippen molar-refractivity contribution in [1.29, 1.82) is 0 Å². The summed E-state index contributed by atoms with van der Waals surface area (Å²) >= 11 is 0. The molecule has 4 nitrogen and oxygen atoms in total. The normalized spacial score (nSPS) is 17.6. The van der Waals surface area contributed by atoms with Gasteiger partial charge in [-0.15, -0.1) is 0 Å². The lowest BCUT2D eigenvalue weighted by atomic mass is 10.1. The highest BCUT2D eigenvalue weighted by molar-refractivity contribution is 5.36. The zero-order valence-electron chi connectivity index (χ0n) is 9.35. The molecule has 0 radical (unpaired) electrons. The predicted molar refractivity (Wildman–Crippen MR) is 62.1 cm³/mol. The van der Waals surface area contributed by atoms with Crippen LogP contribution in [0.25, 0.3) is 0 Å². The lowest BCUT2D eigenvalue weighted by Crippen LogP contribution is -2.35. The molecule has 16 heavy (non-hydrogen) atoms. The van der Waals surface area contributed by atoms with E-state index in [4.69, 9.17) is 10.5 Å². The van der Waals surface area contributed by atoms with E-state index in [1.165, 1.54) is 0 Å². The maximum atomic E-state index is 9.84. The summed E-state index contributed by atoms with van der Waals surface area (Å²) in [6, 6.07) is 5.66. The Bertz CT molecular complexity index is 349. The van der Waals surface area contributed by atoms with Crippen molar-refractivity contribution in [1.82, 2.24) is 4.90 Å². The number of phenols is 1. The molecule has 1 aromatic rings. The number of nitrogens with two attached hydrogens (primary N) is 1. The number of hydrogen-bond donors (Lipinski definition) is 2. The van der Waals surface area contributed by atoms with Crippen molar-refractivity contribution in [3.63, 3.8) is 0 Å². The number of phenolic OH excluding ortho intramolecular Hbond substituents is 1. The Labute approximate surface area is 95.6 Å². The van der Waals surface area contributed by atoms with Crippen LogP contribution in [0.5, 0.6) is 5.75 Å². The summed E-state index contributed by atoms with van der Waals surface area (Å²) < 4.78 is 5.28. The zero-order valence-corrected chi connectivity index (χ0v) is 9.35. The number of rotatable bonds is 3. The van der Waals surface area contributed by atoms with E-state index in [0.717, 1.165) is 44.0 Å². The van der Waals surface area contributed by atoms with Gasteiger partial charge >= 0.3 is 0 Å². The van der Waals surface area contributed by atoms with E-state index in [-0.39, 0.29) is 0 Å². The number of ether oxygens (including phenoxy) is 1. The van der Waals surface area contributed by atoms with Crippen LogP contribution < -0.4 is 5.73 Å². The Kier molecular flexibility index (Phi) is 3.77. The van der Waals surface area contributed by atoms with Gasteiger partial charge in [-0.05, 0) is 11.6 Å². The van der Waals surface area contributed by atoms with Gasteiger partial charge in [-0.25, -0.2) is 0 Å². The molecule has 0 bridgehead atoms. The van der Waals surface area contributed by atoms with Crippen molar-refractivity contribution in [2.24, 2.45) is 5.73 Å². The summed E-state index contributed by atoms with van der Waals surface area (Å²) in [5.41, 5.74) is 7.43. The van der Waals surface area contributed by atoms with Crippen LogP contribution in [0.4, 0.5) is 0 Å². The fourth-order valence-corrected chi connectivity index (χ4v) is 1.87. The molecule has 1 aliphatic rings. The third-order valence-electron chi connectivity index (χ3n) is 2.88. The number of aromatic hydroxyl groups is 1. The monoisotopic (exact) mass is 222 g/mol. The summed E-state index contributed by atoms with van der Waals surface area (Å²) in [6.07, 6.45) is 0. The second kappa shape index (κ2) is 5.30. The van der Waals surface area contributed by atoms with Gasteiger partial charge in [0.2, 0.25) is 0 Å². The van der Waals surface area contributed by atoms with Crippen LogP contribution in [0.2, 0.25) is 0 Å². The summed E-state index contributed by atoms with van der Waals surface area (Å²) in [4.78, 5) is 2.28. The summed E-state index contributed by atoms with van der Waals surface area (Å²) in [5.74, 6) is 0.342. The van der Waals surface area contributed by atoms with E-state index in [0.29, 0.717) is 12.3 Å². The molecule has 0 amide bonds. The van der Waals surface area contributed by atoms with E-state index < -0.39 is 0 Å². The van der Waals surface area contributed by atoms with E-state index in [9.17, 15) is 5.11 Å². The second-order valence-electron chi connectivity index (χ2n) is 4.06. The predicted octanol–water partition coefficient (Wildman–Crippen LogP) is 0.683. The molecular weight excluding hydrogens is 204 g/mol. The molecular formula is C12H18N2O2. The average Bonchev–Trinajstić information content (AvgIpc) is 2.33. The molecule has 88 valence electrons. The molecule has 3 N–H and O–H groups in total. The largest absolute Gasteiger partial charge is 0.508 e. The first-order chi connectivity index (χ1) is 7.79. The van der Waals surface area contributed by atoms with E-state index in [1.54, 1.807) is 6.07 Å². The van der Waals surface area contributed by atoms with Gasteiger partial charge in [0.15, 0.2) is 0 Å². The highest BCUT2D eigenvalue weighted by Gasteiger charge is 2.12. The zero-order chi connectivity index (χ0) is 11.4. The first-order valence-electron chi connectivity index (χ1n) is 5.60. The fraction of sp³-hybridized carbons (Fsp3) is 0.500. The quantitative estimate of drug-likeness (QED) is 0.789. The van der Waals surface area contributed by atoms with Crippen LogP contribution in [-0.2, 0) is 17.8 Å². The van der Waals surface area contributed by atoms with E-state index in [1.807, 2.05) is 12.1 Å². The van der Waals surface area contributed by atoms with Crippen molar-refractivity contribution >= 4 is 0 Å². The van der Waals surface area contributed by atoms with Crippen LogP contribution >= 0.6 is 0 Å². The molecule has 2 rings (SSSR count). The third kappa shape index (κ3) is 2.72. The maximum absolute atomic E-state index is 9.84. The van der Waals surface area contributed by atoms with E-state index >= 15 is 0 Å². The first-order valence-corrected chi connectivity index (χ1v) is 5.60. The van der Waals surface area contributed by atoms with Gasteiger partial charge in [0.05, 0.1) is 13.2 Å². The second-order valence-corrected chi connectivity index (χ2v) is 4.06. The van der Waals surface area contributed by atoms with Crippen LogP contribution in [0.1, 0.15) is 11.1 Å². The minimum Gasteiger partial charge on any atom is -0.508 e. The molecule has 1 aliphatic heterocycles. The van der Waals surface area contributed by atoms with Gasteiger partial charge in [0.25, 0.3) is 0 Å². The molecule has 1 heterocycles. The maximum Gasteiger partial charge on any atom is 0.120 e. The Hall–Kier alpha value is -1.10. The van der Waals surface area contributed by atoms with Gasteiger partial charge in [-0.1, -0.05) is 12.1 Å². The van der Waals surface area contributed by atoms with Crippen LogP contribution in [0.15, 0.2) is 18.2 Å². The van der Waals surface area contributed by atoms with Crippen LogP contribution in [-0.4, -0.2) is 36.3 Å². The molecule has 0 aliphatic carbocycles. The minimum absolute atomic E-state index is 0.342. The smallest absolute Gasteiger partial charge is 0.120 e. The van der Waals surface area contributed by atoms with E-state index in [2.05, 4.69) is 4.90 Å². The standard InChI is InChI=1S/C12H18N2O2/c13-8-10-1-2-11(12(15)7-10)9-14-3-5-16-6-4-14/h1-2,7,15H,3-6,8-9,13H2.